The zero-order valence-corrected chi connectivity index (χ0v) is 16.7. The molecule has 0 saturated heterocycles. The van der Waals surface area contributed by atoms with E-state index in [9.17, 15) is 14.0 Å². The summed E-state index contributed by atoms with van der Waals surface area (Å²) in [5.41, 5.74) is 2.06. The number of hydrogen-bond donors (Lipinski definition) is 2. The van der Waals surface area contributed by atoms with Gasteiger partial charge in [-0.15, -0.1) is 0 Å². The van der Waals surface area contributed by atoms with E-state index in [2.05, 4.69) is 31.7 Å². The lowest BCUT2D eigenvalue weighted by atomic mass is 10.2. The van der Waals surface area contributed by atoms with Gasteiger partial charge in [0.15, 0.2) is 5.69 Å². The highest BCUT2D eigenvalue weighted by molar-refractivity contribution is 9.10. The molecule has 6 nitrogen and oxygen atoms in total. The van der Waals surface area contributed by atoms with Gasteiger partial charge in [-0.05, 0) is 42.8 Å². The van der Waals surface area contributed by atoms with E-state index in [-0.39, 0.29) is 30.3 Å². The average molecular weight is 445 g/mol. The molecule has 1 aromatic heterocycles. The predicted molar refractivity (Wildman–Crippen MR) is 108 cm³/mol. The Morgan fingerprint density at radius 3 is 2.75 bits per heavy atom. The van der Waals surface area contributed by atoms with E-state index >= 15 is 0 Å². The van der Waals surface area contributed by atoms with Crippen LogP contribution in [0.15, 0.2) is 59.2 Å². The maximum Gasteiger partial charge on any atom is 0.271 e. The van der Waals surface area contributed by atoms with Crippen LogP contribution in [-0.2, 0) is 4.79 Å². The van der Waals surface area contributed by atoms with Gasteiger partial charge in [0.25, 0.3) is 5.91 Å². The van der Waals surface area contributed by atoms with Crippen LogP contribution in [-0.4, -0.2) is 28.1 Å². The molecule has 3 rings (SSSR count). The minimum atomic E-state index is -0.433. The quantitative estimate of drug-likeness (QED) is 0.606. The number of halogens is 2. The first-order chi connectivity index (χ1) is 13.4. The van der Waals surface area contributed by atoms with Crippen LogP contribution in [0.5, 0.6) is 0 Å². The standard InChI is InChI=1S/C20H18BrFN4O2/c1-13-6-7-14(21)12-17(13)24-19(27)8-10-23-20(28)16-9-11-26(25-16)18-5-3-2-4-15(18)22/h2-7,9,11-12H,8,10H2,1H3,(H,23,28)(H,24,27). The fraction of sp³-hybridized carbons (Fsp3) is 0.150. The molecule has 1 heterocycles. The number of aromatic nitrogens is 2. The zero-order chi connectivity index (χ0) is 20.1. The predicted octanol–water partition coefficient (Wildman–Crippen LogP) is 3.84. The third-order valence-electron chi connectivity index (χ3n) is 4.03. The van der Waals surface area contributed by atoms with Crippen LogP contribution in [0.2, 0.25) is 0 Å². The van der Waals surface area contributed by atoms with E-state index in [1.54, 1.807) is 18.2 Å². The molecule has 28 heavy (non-hydrogen) atoms. The highest BCUT2D eigenvalue weighted by atomic mass is 79.9. The number of rotatable bonds is 6. The van der Waals surface area contributed by atoms with E-state index in [4.69, 9.17) is 0 Å². The first-order valence-electron chi connectivity index (χ1n) is 8.59. The van der Waals surface area contributed by atoms with Crippen molar-refractivity contribution in [1.82, 2.24) is 15.1 Å². The Bertz CT molecular complexity index is 1020. The van der Waals surface area contributed by atoms with Gasteiger partial charge in [0.2, 0.25) is 5.91 Å². The molecule has 3 aromatic rings. The lowest BCUT2D eigenvalue weighted by Gasteiger charge is -2.09. The number of nitrogens with zero attached hydrogens (tertiary/aromatic N) is 2. The van der Waals surface area contributed by atoms with E-state index in [1.807, 2.05) is 25.1 Å². The van der Waals surface area contributed by atoms with Crippen molar-refractivity contribution in [3.8, 4) is 5.69 Å². The number of amides is 2. The molecule has 0 radical (unpaired) electrons. The normalized spacial score (nSPS) is 10.5. The van der Waals surface area contributed by atoms with Crippen molar-refractivity contribution in [2.24, 2.45) is 0 Å². The fourth-order valence-corrected chi connectivity index (χ4v) is 2.90. The lowest BCUT2D eigenvalue weighted by molar-refractivity contribution is -0.116. The van der Waals surface area contributed by atoms with Crippen LogP contribution >= 0.6 is 15.9 Å². The van der Waals surface area contributed by atoms with Gasteiger partial charge < -0.3 is 10.6 Å². The largest absolute Gasteiger partial charge is 0.350 e. The maximum absolute atomic E-state index is 13.8. The molecule has 2 N–H and O–H groups in total. The highest BCUT2D eigenvalue weighted by Gasteiger charge is 2.12. The van der Waals surface area contributed by atoms with Gasteiger partial charge in [-0.3, -0.25) is 9.59 Å². The van der Waals surface area contributed by atoms with Gasteiger partial charge in [0.05, 0.1) is 0 Å². The summed E-state index contributed by atoms with van der Waals surface area (Å²) >= 11 is 3.37. The van der Waals surface area contributed by atoms with Crippen LogP contribution < -0.4 is 10.6 Å². The number of para-hydroxylation sites is 1. The Hall–Kier alpha value is -3.00. The molecule has 0 aliphatic carbocycles. The SMILES string of the molecule is Cc1ccc(Br)cc1NC(=O)CCNC(=O)c1ccn(-c2ccccc2F)n1. The first-order valence-corrected chi connectivity index (χ1v) is 9.38. The number of hydrogen-bond acceptors (Lipinski definition) is 3. The van der Waals surface area contributed by atoms with Crippen molar-refractivity contribution >= 4 is 33.4 Å². The van der Waals surface area contributed by atoms with Crippen LogP contribution in [0.1, 0.15) is 22.5 Å². The molecule has 0 aliphatic heterocycles. The Kier molecular flexibility index (Phi) is 6.20. The lowest BCUT2D eigenvalue weighted by Crippen LogP contribution is -2.28. The Morgan fingerprint density at radius 1 is 1.18 bits per heavy atom. The molecule has 0 aliphatic rings. The highest BCUT2D eigenvalue weighted by Crippen LogP contribution is 2.20. The summed E-state index contributed by atoms with van der Waals surface area (Å²) < 4.78 is 16.0. The van der Waals surface area contributed by atoms with Gasteiger partial charge in [-0.1, -0.05) is 34.1 Å². The van der Waals surface area contributed by atoms with Gasteiger partial charge in [0, 0.05) is 29.3 Å². The summed E-state index contributed by atoms with van der Waals surface area (Å²) in [5.74, 6) is -1.07. The van der Waals surface area contributed by atoms with Crippen molar-refractivity contribution in [3.05, 3.63) is 76.3 Å². The summed E-state index contributed by atoms with van der Waals surface area (Å²) in [6.45, 7) is 2.06. The fourth-order valence-electron chi connectivity index (χ4n) is 2.54. The van der Waals surface area contributed by atoms with Crippen molar-refractivity contribution in [1.29, 1.82) is 0 Å². The van der Waals surface area contributed by atoms with Crippen molar-refractivity contribution in [2.75, 3.05) is 11.9 Å². The molecule has 0 unspecified atom stereocenters. The minimum absolute atomic E-state index is 0.117. The molecule has 0 fully saturated rings. The van der Waals surface area contributed by atoms with E-state index < -0.39 is 11.7 Å². The summed E-state index contributed by atoms with van der Waals surface area (Å²) in [6.07, 6.45) is 1.63. The summed E-state index contributed by atoms with van der Waals surface area (Å²) in [6, 6.07) is 13.3. The maximum atomic E-state index is 13.8. The summed E-state index contributed by atoms with van der Waals surface area (Å²) in [5, 5.41) is 9.54. The number of benzene rings is 2. The van der Waals surface area contributed by atoms with E-state index in [0.29, 0.717) is 5.69 Å². The molecular weight excluding hydrogens is 427 g/mol. The van der Waals surface area contributed by atoms with E-state index in [0.717, 1.165) is 10.0 Å². The molecule has 0 saturated carbocycles. The number of carbonyl (C=O) groups is 2. The van der Waals surface area contributed by atoms with Gasteiger partial charge in [-0.2, -0.15) is 5.10 Å². The number of nitrogens with one attached hydrogen (secondary N) is 2. The second kappa shape index (κ2) is 8.79. The van der Waals surface area contributed by atoms with Crippen molar-refractivity contribution in [3.63, 3.8) is 0 Å². The Morgan fingerprint density at radius 2 is 1.96 bits per heavy atom. The topological polar surface area (TPSA) is 76.0 Å². The molecule has 0 spiro atoms. The third kappa shape index (κ3) is 4.83. The molecular formula is C20H18BrFN4O2. The molecule has 0 bridgehead atoms. The molecule has 0 atom stereocenters. The van der Waals surface area contributed by atoms with Crippen LogP contribution in [0.25, 0.3) is 5.69 Å². The van der Waals surface area contributed by atoms with E-state index in [1.165, 1.54) is 23.0 Å². The summed E-state index contributed by atoms with van der Waals surface area (Å²) in [4.78, 5) is 24.3. The molecule has 8 heteroatoms. The number of carbonyl (C=O) groups excluding carboxylic acids is 2. The number of anilines is 1. The smallest absolute Gasteiger partial charge is 0.271 e. The molecule has 144 valence electrons. The molecule has 2 amide bonds. The Balaban J connectivity index is 1.53. The van der Waals surface area contributed by atoms with Gasteiger partial charge in [0.1, 0.15) is 11.5 Å². The average Bonchev–Trinajstić information content (AvgIpc) is 3.15. The zero-order valence-electron chi connectivity index (χ0n) is 15.1. The first kappa shape index (κ1) is 19.8. The molecule has 2 aromatic carbocycles. The van der Waals surface area contributed by atoms with Crippen molar-refractivity contribution < 1.29 is 14.0 Å². The van der Waals surface area contributed by atoms with Gasteiger partial charge in [-0.25, -0.2) is 9.07 Å². The van der Waals surface area contributed by atoms with Crippen molar-refractivity contribution in [2.45, 2.75) is 13.3 Å². The summed E-state index contributed by atoms with van der Waals surface area (Å²) in [7, 11) is 0. The van der Waals surface area contributed by atoms with Crippen LogP contribution in [0, 0.1) is 12.7 Å². The van der Waals surface area contributed by atoms with Crippen LogP contribution in [0.4, 0.5) is 10.1 Å². The minimum Gasteiger partial charge on any atom is -0.350 e. The Labute approximate surface area is 169 Å². The second-order valence-electron chi connectivity index (χ2n) is 6.11. The van der Waals surface area contributed by atoms with Crippen LogP contribution in [0.3, 0.4) is 0 Å². The number of aryl methyl sites for hydroxylation is 1. The van der Waals surface area contributed by atoms with Gasteiger partial charge >= 0.3 is 0 Å². The monoisotopic (exact) mass is 444 g/mol. The third-order valence-corrected chi connectivity index (χ3v) is 4.53. The second-order valence-corrected chi connectivity index (χ2v) is 7.03.